The number of aromatic hydroxyl groups is 1. The number of nitrogens with one attached hydrogen (secondary N) is 2. The Kier molecular flexibility index (Phi) is 3.83. The monoisotopic (exact) mass is 416 g/mol. The number of rotatable bonds is 2. The highest BCUT2D eigenvalue weighted by Gasteiger charge is 2.26. The lowest BCUT2D eigenvalue weighted by Gasteiger charge is -2.23. The first-order valence-electron chi connectivity index (χ1n) is 10.5. The van der Waals surface area contributed by atoms with Crippen LogP contribution < -0.4 is 11.0 Å². The molecule has 0 atom stereocenters. The molecule has 1 saturated carbocycles. The fraction of sp³-hybridized carbons (Fsp3) is 0.261. The summed E-state index contributed by atoms with van der Waals surface area (Å²) in [5, 5.41) is 14.4. The predicted octanol–water partition coefficient (Wildman–Crippen LogP) is 4.19. The molecule has 4 aromatic heterocycles. The molecule has 0 bridgehead atoms. The average molecular weight is 416 g/mol. The third-order valence-electron chi connectivity index (χ3n) is 6.33. The van der Waals surface area contributed by atoms with Crippen molar-refractivity contribution in [2.75, 3.05) is 0 Å². The largest absolute Gasteiger partial charge is 0.502 e. The van der Waals surface area contributed by atoms with Crippen LogP contribution in [0.5, 0.6) is 5.75 Å². The Balaban J connectivity index is 1.80. The van der Waals surface area contributed by atoms with Crippen LogP contribution in [0.1, 0.15) is 38.1 Å². The molecule has 0 spiro atoms. The number of benzene rings is 1. The third-order valence-corrected chi connectivity index (χ3v) is 6.33. The predicted molar refractivity (Wildman–Crippen MR) is 117 cm³/mol. The first-order chi connectivity index (χ1) is 15.1. The molecule has 156 valence electrons. The molecule has 8 heteroatoms. The normalized spacial score (nSPS) is 15.4. The summed E-state index contributed by atoms with van der Waals surface area (Å²) in [6.07, 6.45) is 8.80. The van der Waals surface area contributed by atoms with Crippen LogP contribution in [0.4, 0.5) is 0 Å². The molecule has 3 N–H and O–H groups in total. The van der Waals surface area contributed by atoms with Crippen LogP contribution in [-0.2, 0) is 0 Å². The zero-order valence-electron chi connectivity index (χ0n) is 16.6. The molecule has 31 heavy (non-hydrogen) atoms. The minimum Gasteiger partial charge on any atom is -0.502 e. The van der Waals surface area contributed by atoms with E-state index in [1.54, 1.807) is 24.5 Å². The first kappa shape index (κ1) is 18.0. The number of pyridine rings is 2. The van der Waals surface area contributed by atoms with Gasteiger partial charge in [0.15, 0.2) is 11.2 Å². The van der Waals surface area contributed by atoms with Gasteiger partial charge >= 0.3 is 0 Å². The molecule has 1 aliphatic rings. The summed E-state index contributed by atoms with van der Waals surface area (Å²) in [5.74, 6) is -0.437. The summed E-state index contributed by atoms with van der Waals surface area (Å²) in [5.41, 5.74) is 2.41. The van der Waals surface area contributed by atoms with Gasteiger partial charge in [0.05, 0.1) is 16.9 Å². The molecule has 0 saturated heterocycles. The number of aromatic nitrogens is 4. The van der Waals surface area contributed by atoms with Crippen molar-refractivity contribution in [2.24, 2.45) is 0 Å². The van der Waals surface area contributed by atoms with E-state index < -0.39 is 11.2 Å². The van der Waals surface area contributed by atoms with E-state index in [2.05, 4.69) is 15.1 Å². The van der Waals surface area contributed by atoms with E-state index in [1.807, 2.05) is 10.7 Å². The van der Waals surface area contributed by atoms with Crippen molar-refractivity contribution in [2.45, 2.75) is 38.1 Å². The summed E-state index contributed by atoms with van der Waals surface area (Å²) in [6.45, 7) is 0. The number of hydrogen-bond donors (Lipinski definition) is 3. The number of phenols is 1. The van der Waals surface area contributed by atoms with E-state index in [4.69, 9.17) is 4.42 Å². The van der Waals surface area contributed by atoms with Gasteiger partial charge in [-0.3, -0.25) is 24.4 Å². The van der Waals surface area contributed by atoms with Gasteiger partial charge in [0, 0.05) is 28.9 Å². The molecule has 6 rings (SSSR count). The molecule has 1 aliphatic carbocycles. The number of H-pyrrole nitrogens is 2. The Morgan fingerprint density at radius 1 is 1.10 bits per heavy atom. The van der Waals surface area contributed by atoms with Gasteiger partial charge in [0.2, 0.25) is 11.2 Å². The summed E-state index contributed by atoms with van der Waals surface area (Å²) in [7, 11) is 0. The second kappa shape index (κ2) is 6.60. The van der Waals surface area contributed by atoms with Crippen molar-refractivity contribution in [1.29, 1.82) is 0 Å². The zero-order chi connectivity index (χ0) is 21.1. The number of nitrogens with zero attached hydrogens (tertiary/aromatic N) is 2. The van der Waals surface area contributed by atoms with E-state index in [1.165, 1.54) is 12.5 Å². The Bertz CT molecular complexity index is 1570. The smallest absolute Gasteiger partial charge is 0.274 e. The third kappa shape index (κ3) is 2.57. The molecule has 8 nitrogen and oxygen atoms in total. The van der Waals surface area contributed by atoms with Gasteiger partial charge in [0.1, 0.15) is 5.65 Å². The van der Waals surface area contributed by atoms with Crippen LogP contribution in [0.25, 0.3) is 44.2 Å². The van der Waals surface area contributed by atoms with Crippen LogP contribution in [0.15, 0.2) is 50.7 Å². The highest BCUT2D eigenvalue weighted by Crippen LogP contribution is 2.40. The lowest BCUT2D eigenvalue weighted by Crippen LogP contribution is -2.16. The van der Waals surface area contributed by atoms with Gasteiger partial charge < -0.3 is 14.5 Å². The van der Waals surface area contributed by atoms with Crippen LogP contribution in [-0.4, -0.2) is 24.9 Å². The Morgan fingerprint density at radius 3 is 2.71 bits per heavy atom. The van der Waals surface area contributed by atoms with Gasteiger partial charge in [-0.25, -0.2) is 0 Å². The van der Waals surface area contributed by atoms with Crippen molar-refractivity contribution in [1.82, 2.24) is 19.7 Å². The molecule has 0 radical (unpaired) electrons. The van der Waals surface area contributed by atoms with Crippen molar-refractivity contribution in [3.05, 3.63) is 57.2 Å². The van der Waals surface area contributed by atoms with Gasteiger partial charge in [-0.1, -0.05) is 25.3 Å². The minimum atomic E-state index is -0.511. The topological polar surface area (TPSA) is 117 Å². The summed E-state index contributed by atoms with van der Waals surface area (Å²) >= 11 is 0. The Labute approximate surface area is 175 Å². The highest BCUT2D eigenvalue weighted by atomic mass is 16.4. The van der Waals surface area contributed by atoms with Gasteiger partial charge in [0.25, 0.3) is 5.56 Å². The van der Waals surface area contributed by atoms with Gasteiger partial charge in [-0.2, -0.15) is 0 Å². The average Bonchev–Trinajstić information content (AvgIpc) is 3.34. The van der Waals surface area contributed by atoms with E-state index in [0.717, 1.165) is 31.2 Å². The van der Waals surface area contributed by atoms with Crippen LogP contribution >= 0.6 is 0 Å². The number of furan rings is 1. The summed E-state index contributed by atoms with van der Waals surface area (Å²) in [6, 6.07) is 6.82. The number of phenolic OH excluding ortho intramolecular Hbond substituents is 1. The molecular weight excluding hydrogens is 396 g/mol. The standard InChI is InChI=1S/C23H20N4O4/c28-15-9-8-14-18-21(31-20(14)19(15)29)16(12-5-4-10-24-11-12)17-22(25-18)27(26-23(17)30)13-6-2-1-3-7-13/h4-5,8-11,13,25,29H,1-3,6-7H2,(H,26,30). The quantitative estimate of drug-likeness (QED) is 0.399. The minimum absolute atomic E-state index is 0.109. The first-order valence-corrected chi connectivity index (χ1v) is 10.5. The second-order valence-electron chi connectivity index (χ2n) is 8.16. The highest BCUT2D eigenvalue weighted by molar-refractivity contribution is 6.15. The maximum atomic E-state index is 13.2. The fourth-order valence-corrected chi connectivity index (χ4v) is 4.86. The molecular formula is C23H20N4O4. The second-order valence-corrected chi connectivity index (χ2v) is 8.16. The van der Waals surface area contributed by atoms with E-state index in [9.17, 15) is 14.7 Å². The van der Waals surface area contributed by atoms with Crippen LogP contribution in [0.3, 0.4) is 0 Å². The summed E-state index contributed by atoms with van der Waals surface area (Å²) < 4.78 is 7.94. The van der Waals surface area contributed by atoms with Gasteiger partial charge in [-0.15, -0.1) is 0 Å². The van der Waals surface area contributed by atoms with Crippen molar-refractivity contribution in [3.8, 4) is 16.9 Å². The lowest BCUT2D eigenvalue weighted by molar-refractivity contribution is 0.335. The number of aromatic amines is 2. The maximum Gasteiger partial charge on any atom is 0.274 e. The molecule has 5 aromatic rings. The SMILES string of the molecule is O=c1ccc2c(oc3c(-c4cccnc4)c4c(=O)[nH]n(C5CCCCC5)c4[nH]c32)c1O. The summed E-state index contributed by atoms with van der Waals surface area (Å²) in [4.78, 5) is 32.7. The molecule has 0 aliphatic heterocycles. The Hall–Kier alpha value is -3.81. The van der Waals surface area contributed by atoms with E-state index in [-0.39, 0.29) is 17.2 Å². The molecule has 1 aromatic carbocycles. The van der Waals surface area contributed by atoms with E-state index >= 15 is 0 Å². The van der Waals surface area contributed by atoms with Crippen LogP contribution in [0, 0.1) is 0 Å². The molecule has 1 fully saturated rings. The molecule has 0 unspecified atom stereocenters. The molecule has 4 heterocycles. The number of fused-ring (bicyclic) bond motifs is 4. The number of hydrogen-bond acceptors (Lipinski definition) is 5. The lowest BCUT2D eigenvalue weighted by atomic mass is 9.95. The Morgan fingerprint density at radius 2 is 1.94 bits per heavy atom. The van der Waals surface area contributed by atoms with Crippen molar-refractivity contribution >= 4 is 33.1 Å². The molecule has 0 amide bonds. The van der Waals surface area contributed by atoms with Crippen LogP contribution in [0.2, 0.25) is 0 Å². The maximum absolute atomic E-state index is 13.2. The zero-order valence-corrected chi connectivity index (χ0v) is 16.6. The van der Waals surface area contributed by atoms with E-state index in [0.29, 0.717) is 33.1 Å². The van der Waals surface area contributed by atoms with Crippen molar-refractivity contribution in [3.63, 3.8) is 0 Å². The fourth-order valence-electron chi connectivity index (χ4n) is 4.86. The van der Waals surface area contributed by atoms with Crippen molar-refractivity contribution < 1.29 is 9.52 Å². The van der Waals surface area contributed by atoms with Gasteiger partial charge in [-0.05, 0) is 31.0 Å².